The smallest absolute Gasteiger partial charge is 0.317 e. The molecule has 23 heavy (non-hydrogen) atoms. The fraction of sp³-hybridized carbons (Fsp3) is 0.944. The topological polar surface area (TPSA) is 55.8 Å². The summed E-state index contributed by atoms with van der Waals surface area (Å²) in [6.07, 6.45) is 11.0. The summed E-state index contributed by atoms with van der Waals surface area (Å²) in [5, 5.41) is 12.8. The van der Waals surface area contributed by atoms with E-state index in [9.17, 15) is 9.90 Å². The Morgan fingerprint density at radius 1 is 0.870 bits per heavy atom. The first-order valence-electron chi connectivity index (χ1n) is 9.70. The van der Waals surface area contributed by atoms with E-state index in [0.29, 0.717) is 6.04 Å². The Bertz CT molecular complexity index is 374. The minimum absolute atomic E-state index is 0.117. The van der Waals surface area contributed by atoms with Gasteiger partial charge in [0.2, 0.25) is 0 Å². The lowest BCUT2D eigenvalue weighted by Crippen LogP contribution is -2.54. The molecule has 0 bridgehead atoms. The molecule has 1 aliphatic carbocycles. The molecule has 3 rings (SSSR count). The van der Waals surface area contributed by atoms with Gasteiger partial charge in [-0.05, 0) is 64.5 Å². The summed E-state index contributed by atoms with van der Waals surface area (Å²) in [5.74, 6) is 0. The number of piperidine rings is 1. The molecule has 2 heterocycles. The summed E-state index contributed by atoms with van der Waals surface area (Å²) in [5.41, 5.74) is 0. The number of hydrogen-bond acceptors (Lipinski definition) is 3. The number of carbonyl (C=O) groups excluding carboxylic acids is 1. The van der Waals surface area contributed by atoms with E-state index >= 15 is 0 Å². The van der Waals surface area contributed by atoms with Gasteiger partial charge in [0.05, 0.1) is 6.10 Å². The highest BCUT2D eigenvalue weighted by atomic mass is 16.3. The molecule has 2 aliphatic heterocycles. The van der Waals surface area contributed by atoms with E-state index in [4.69, 9.17) is 0 Å². The Balaban J connectivity index is 1.48. The summed E-state index contributed by atoms with van der Waals surface area (Å²) < 4.78 is 0. The third-order valence-electron chi connectivity index (χ3n) is 5.87. The second-order valence-electron chi connectivity index (χ2n) is 7.65. The SMILES string of the molecule is O=C(NC1CCC(O)CC1)N1CCCC(N2CCCCCC2)C1. The molecular weight excluding hydrogens is 290 g/mol. The molecule has 3 aliphatic rings. The second kappa shape index (κ2) is 8.34. The first kappa shape index (κ1) is 17.0. The number of rotatable bonds is 2. The Kier molecular flexibility index (Phi) is 6.17. The number of aliphatic hydroxyl groups is 1. The highest BCUT2D eigenvalue weighted by molar-refractivity contribution is 5.74. The molecule has 132 valence electrons. The number of aliphatic hydroxyl groups excluding tert-OH is 1. The predicted molar refractivity (Wildman–Crippen MR) is 91.4 cm³/mol. The van der Waals surface area contributed by atoms with E-state index in [2.05, 4.69) is 10.2 Å². The summed E-state index contributed by atoms with van der Waals surface area (Å²) in [4.78, 5) is 17.2. The van der Waals surface area contributed by atoms with Gasteiger partial charge in [0.1, 0.15) is 0 Å². The molecule has 3 fully saturated rings. The van der Waals surface area contributed by atoms with Crippen molar-refractivity contribution in [3.8, 4) is 0 Å². The maximum Gasteiger partial charge on any atom is 0.317 e. The number of amides is 2. The van der Waals surface area contributed by atoms with Gasteiger partial charge in [-0.15, -0.1) is 0 Å². The van der Waals surface area contributed by atoms with Gasteiger partial charge >= 0.3 is 6.03 Å². The van der Waals surface area contributed by atoms with Crippen LogP contribution in [0.15, 0.2) is 0 Å². The molecular formula is C18H33N3O2. The summed E-state index contributed by atoms with van der Waals surface area (Å²) >= 11 is 0. The third kappa shape index (κ3) is 4.83. The number of carbonyl (C=O) groups is 1. The lowest BCUT2D eigenvalue weighted by molar-refractivity contribution is 0.100. The van der Waals surface area contributed by atoms with E-state index in [0.717, 1.165) is 45.2 Å². The lowest BCUT2D eigenvalue weighted by Gasteiger charge is -2.39. The van der Waals surface area contributed by atoms with Crippen LogP contribution in [-0.4, -0.2) is 65.3 Å². The van der Waals surface area contributed by atoms with Crippen molar-refractivity contribution in [3.63, 3.8) is 0 Å². The van der Waals surface area contributed by atoms with Crippen molar-refractivity contribution >= 4 is 6.03 Å². The van der Waals surface area contributed by atoms with Crippen LogP contribution in [0.25, 0.3) is 0 Å². The van der Waals surface area contributed by atoms with Crippen LogP contribution in [0.3, 0.4) is 0 Å². The molecule has 0 radical (unpaired) electrons. The van der Waals surface area contributed by atoms with E-state index in [1.54, 1.807) is 0 Å². The zero-order valence-electron chi connectivity index (χ0n) is 14.4. The Morgan fingerprint density at radius 3 is 2.26 bits per heavy atom. The van der Waals surface area contributed by atoms with Crippen molar-refractivity contribution in [2.24, 2.45) is 0 Å². The van der Waals surface area contributed by atoms with E-state index in [-0.39, 0.29) is 18.2 Å². The molecule has 0 aromatic carbocycles. The average Bonchev–Trinajstić information content (AvgIpc) is 2.86. The van der Waals surface area contributed by atoms with Crippen molar-refractivity contribution in [1.82, 2.24) is 15.1 Å². The molecule has 5 nitrogen and oxygen atoms in total. The summed E-state index contributed by atoms with van der Waals surface area (Å²) in [6, 6.07) is 0.927. The van der Waals surface area contributed by atoms with E-state index in [1.807, 2.05) is 4.90 Å². The maximum absolute atomic E-state index is 12.6. The highest BCUT2D eigenvalue weighted by Gasteiger charge is 2.29. The molecule has 1 saturated carbocycles. The fourth-order valence-corrected chi connectivity index (χ4v) is 4.38. The van der Waals surface area contributed by atoms with Crippen LogP contribution in [0.5, 0.6) is 0 Å². The summed E-state index contributed by atoms with van der Waals surface area (Å²) in [7, 11) is 0. The van der Waals surface area contributed by atoms with Gasteiger partial charge in [0.15, 0.2) is 0 Å². The van der Waals surface area contributed by atoms with Gasteiger partial charge in [0.25, 0.3) is 0 Å². The fourth-order valence-electron chi connectivity index (χ4n) is 4.38. The zero-order valence-corrected chi connectivity index (χ0v) is 14.4. The monoisotopic (exact) mass is 323 g/mol. The molecule has 0 aromatic rings. The number of likely N-dealkylation sites (tertiary alicyclic amines) is 2. The van der Waals surface area contributed by atoms with Crippen LogP contribution in [-0.2, 0) is 0 Å². The average molecular weight is 323 g/mol. The number of urea groups is 1. The normalized spacial score (nSPS) is 34.0. The maximum atomic E-state index is 12.6. The first-order valence-corrected chi connectivity index (χ1v) is 9.70. The first-order chi connectivity index (χ1) is 11.2. The molecule has 5 heteroatoms. The van der Waals surface area contributed by atoms with Crippen LogP contribution < -0.4 is 5.32 Å². The van der Waals surface area contributed by atoms with Gasteiger partial charge in [-0.3, -0.25) is 4.90 Å². The van der Waals surface area contributed by atoms with Crippen molar-refractivity contribution in [3.05, 3.63) is 0 Å². The van der Waals surface area contributed by atoms with Crippen LogP contribution >= 0.6 is 0 Å². The van der Waals surface area contributed by atoms with Crippen LogP contribution in [0.4, 0.5) is 4.79 Å². The van der Waals surface area contributed by atoms with E-state index in [1.165, 1.54) is 45.2 Å². The lowest BCUT2D eigenvalue weighted by atomic mass is 9.93. The van der Waals surface area contributed by atoms with Crippen molar-refractivity contribution < 1.29 is 9.90 Å². The number of nitrogens with zero attached hydrogens (tertiary/aromatic N) is 2. The van der Waals surface area contributed by atoms with Crippen molar-refractivity contribution in [2.75, 3.05) is 26.2 Å². The van der Waals surface area contributed by atoms with Crippen LogP contribution in [0.1, 0.15) is 64.2 Å². The van der Waals surface area contributed by atoms with Gasteiger partial charge in [-0.25, -0.2) is 4.79 Å². The Labute approximate surface area is 140 Å². The molecule has 2 amide bonds. The van der Waals surface area contributed by atoms with Gasteiger partial charge in [-0.1, -0.05) is 12.8 Å². The summed E-state index contributed by atoms with van der Waals surface area (Å²) in [6.45, 7) is 4.20. The number of hydrogen-bond donors (Lipinski definition) is 2. The Hall–Kier alpha value is -0.810. The predicted octanol–water partition coefficient (Wildman–Crippen LogP) is 2.34. The Morgan fingerprint density at radius 2 is 1.57 bits per heavy atom. The van der Waals surface area contributed by atoms with Gasteiger partial charge in [0, 0.05) is 25.2 Å². The minimum Gasteiger partial charge on any atom is -0.393 e. The van der Waals surface area contributed by atoms with Crippen molar-refractivity contribution in [1.29, 1.82) is 0 Å². The third-order valence-corrected chi connectivity index (χ3v) is 5.87. The molecule has 0 spiro atoms. The quantitative estimate of drug-likeness (QED) is 0.820. The molecule has 1 unspecified atom stereocenters. The number of nitrogens with one attached hydrogen (secondary N) is 1. The van der Waals surface area contributed by atoms with Gasteiger partial charge in [-0.2, -0.15) is 0 Å². The van der Waals surface area contributed by atoms with E-state index < -0.39 is 0 Å². The standard InChI is InChI=1S/C18H33N3O2/c22-17-9-7-15(8-10-17)19-18(23)21-13-5-6-16(14-21)20-11-3-1-2-4-12-20/h15-17,22H,1-14H2,(H,19,23). The largest absolute Gasteiger partial charge is 0.393 e. The zero-order chi connectivity index (χ0) is 16.1. The van der Waals surface area contributed by atoms with Gasteiger partial charge < -0.3 is 15.3 Å². The molecule has 0 aromatic heterocycles. The second-order valence-corrected chi connectivity index (χ2v) is 7.65. The van der Waals surface area contributed by atoms with Crippen LogP contribution in [0, 0.1) is 0 Å². The van der Waals surface area contributed by atoms with Crippen LogP contribution in [0.2, 0.25) is 0 Å². The molecule has 1 atom stereocenters. The minimum atomic E-state index is -0.162. The molecule has 2 saturated heterocycles. The molecule has 2 N–H and O–H groups in total. The highest BCUT2D eigenvalue weighted by Crippen LogP contribution is 2.22. The van der Waals surface area contributed by atoms with Crippen molar-refractivity contribution in [2.45, 2.75) is 82.4 Å².